The summed E-state index contributed by atoms with van der Waals surface area (Å²) in [6.07, 6.45) is 9.33. The van der Waals surface area contributed by atoms with Gasteiger partial charge in [0, 0.05) is 56.2 Å². The van der Waals surface area contributed by atoms with E-state index in [0.717, 1.165) is 36.7 Å². The van der Waals surface area contributed by atoms with Crippen molar-refractivity contribution in [3.8, 4) is 11.5 Å². The van der Waals surface area contributed by atoms with Gasteiger partial charge < -0.3 is 9.47 Å². The van der Waals surface area contributed by atoms with Crippen LogP contribution in [0.15, 0.2) is 49.2 Å². The van der Waals surface area contributed by atoms with Crippen molar-refractivity contribution < 1.29 is 0 Å². The second-order valence-corrected chi connectivity index (χ2v) is 5.54. The van der Waals surface area contributed by atoms with Crippen molar-refractivity contribution in [1.29, 1.82) is 0 Å². The van der Waals surface area contributed by atoms with Crippen LogP contribution in [0.2, 0.25) is 0 Å². The molecule has 0 amide bonds. The number of likely N-dealkylation sites (N-methyl/N-ethyl adjacent to an activating group) is 1. The van der Waals surface area contributed by atoms with Gasteiger partial charge in [0.15, 0.2) is 5.82 Å². The molecule has 0 fully saturated rings. The molecule has 0 atom stereocenters. The van der Waals surface area contributed by atoms with E-state index in [1.807, 2.05) is 49.9 Å². The van der Waals surface area contributed by atoms with Crippen LogP contribution >= 0.6 is 0 Å². The first-order chi connectivity index (χ1) is 11.2. The Labute approximate surface area is 135 Å². The van der Waals surface area contributed by atoms with E-state index in [1.54, 1.807) is 6.20 Å². The summed E-state index contributed by atoms with van der Waals surface area (Å²) in [5, 5.41) is 0. The lowest BCUT2D eigenvalue weighted by Crippen LogP contribution is -2.23. The third-order valence-corrected chi connectivity index (χ3v) is 3.70. The Bertz CT molecular complexity index is 735. The Kier molecular flexibility index (Phi) is 4.73. The average Bonchev–Trinajstić information content (AvgIpc) is 3.00. The predicted molar refractivity (Wildman–Crippen MR) is 88.6 cm³/mol. The van der Waals surface area contributed by atoms with Gasteiger partial charge in [-0.3, -0.25) is 4.98 Å². The van der Waals surface area contributed by atoms with Crippen LogP contribution in [0.1, 0.15) is 11.4 Å². The summed E-state index contributed by atoms with van der Waals surface area (Å²) in [5.41, 5.74) is 1.89. The Balaban J connectivity index is 1.56. The highest BCUT2D eigenvalue weighted by atomic mass is 15.1. The minimum atomic E-state index is 0.658. The molecule has 0 N–H and O–H groups in total. The maximum Gasteiger partial charge on any atom is 0.178 e. The number of aromatic nitrogens is 5. The van der Waals surface area contributed by atoms with Crippen LogP contribution in [0.3, 0.4) is 0 Å². The fourth-order valence-electron chi connectivity index (χ4n) is 2.37. The lowest BCUT2D eigenvalue weighted by Gasteiger charge is -2.17. The van der Waals surface area contributed by atoms with Crippen LogP contribution < -0.4 is 0 Å². The second kappa shape index (κ2) is 7.11. The molecule has 6 heteroatoms. The number of hydrogen-bond donors (Lipinski definition) is 0. The van der Waals surface area contributed by atoms with Crippen molar-refractivity contribution in [1.82, 2.24) is 29.4 Å². The Morgan fingerprint density at radius 1 is 1.04 bits per heavy atom. The molecule has 6 nitrogen and oxygen atoms in total. The van der Waals surface area contributed by atoms with E-state index in [4.69, 9.17) is 0 Å². The van der Waals surface area contributed by atoms with E-state index < -0.39 is 0 Å². The highest BCUT2D eigenvalue weighted by Crippen LogP contribution is 2.10. The first-order valence-electron chi connectivity index (χ1n) is 7.61. The molecule has 0 aliphatic carbocycles. The van der Waals surface area contributed by atoms with Crippen molar-refractivity contribution in [2.45, 2.75) is 20.0 Å². The van der Waals surface area contributed by atoms with E-state index >= 15 is 0 Å². The Hall–Kier alpha value is -2.60. The van der Waals surface area contributed by atoms with E-state index in [2.05, 4.69) is 36.5 Å². The van der Waals surface area contributed by atoms with E-state index in [9.17, 15) is 0 Å². The molecule has 0 radical (unpaired) electrons. The highest BCUT2D eigenvalue weighted by Gasteiger charge is 2.05. The monoisotopic (exact) mass is 308 g/mol. The number of hydrogen-bond acceptors (Lipinski definition) is 5. The molecular weight excluding hydrogens is 288 g/mol. The Morgan fingerprint density at radius 2 is 1.87 bits per heavy atom. The normalized spacial score (nSPS) is 11.1. The van der Waals surface area contributed by atoms with Crippen molar-refractivity contribution >= 4 is 0 Å². The van der Waals surface area contributed by atoms with Crippen LogP contribution in [0, 0.1) is 6.92 Å². The molecule has 23 heavy (non-hydrogen) atoms. The molecule has 0 aliphatic heterocycles. The molecule has 3 heterocycles. The van der Waals surface area contributed by atoms with Crippen molar-refractivity contribution in [3.63, 3.8) is 0 Å². The SMILES string of the molecule is Cc1nccn1CCN(C)Cc1cnc(-c2ccccn2)nc1. The minimum Gasteiger partial charge on any atom is -0.334 e. The topological polar surface area (TPSA) is 59.7 Å². The number of nitrogens with zero attached hydrogens (tertiary/aromatic N) is 6. The summed E-state index contributed by atoms with van der Waals surface area (Å²) >= 11 is 0. The molecule has 0 aromatic carbocycles. The fraction of sp³-hybridized carbons (Fsp3) is 0.294. The van der Waals surface area contributed by atoms with Gasteiger partial charge in [0.25, 0.3) is 0 Å². The van der Waals surface area contributed by atoms with E-state index in [1.165, 1.54) is 0 Å². The zero-order valence-electron chi connectivity index (χ0n) is 13.4. The molecule has 118 valence electrons. The smallest absolute Gasteiger partial charge is 0.178 e. The van der Waals surface area contributed by atoms with Crippen LogP contribution in [0.4, 0.5) is 0 Å². The summed E-state index contributed by atoms with van der Waals surface area (Å²) in [6.45, 7) is 4.70. The van der Waals surface area contributed by atoms with Crippen molar-refractivity contribution in [2.24, 2.45) is 0 Å². The van der Waals surface area contributed by atoms with Crippen LogP contribution in [-0.4, -0.2) is 43.0 Å². The van der Waals surface area contributed by atoms with Crippen LogP contribution in [0.5, 0.6) is 0 Å². The van der Waals surface area contributed by atoms with Crippen molar-refractivity contribution in [3.05, 3.63) is 60.6 Å². The van der Waals surface area contributed by atoms with Gasteiger partial charge in [-0.05, 0) is 26.1 Å². The molecule has 0 spiro atoms. The van der Waals surface area contributed by atoms with Gasteiger partial charge in [-0.1, -0.05) is 6.07 Å². The molecule has 0 aliphatic rings. The van der Waals surface area contributed by atoms with Crippen molar-refractivity contribution in [2.75, 3.05) is 13.6 Å². The molecule has 3 rings (SSSR count). The summed E-state index contributed by atoms with van der Waals surface area (Å²) in [6, 6.07) is 5.73. The summed E-state index contributed by atoms with van der Waals surface area (Å²) in [7, 11) is 2.10. The average molecular weight is 308 g/mol. The molecule has 0 saturated carbocycles. The largest absolute Gasteiger partial charge is 0.334 e. The Morgan fingerprint density at radius 3 is 2.52 bits per heavy atom. The zero-order valence-corrected chi connectivity index (χ0v) is 13.4. The summed E-state index contributed by atoms with van der Waals surface area (Å²) in [4.78, 5) is 19.6. The maximum absolute atomic E-state index is 4.41. The third kappa shape index (κ3) is 3.98. The fourth-order valence-corrected chi connectivity index (χ4v) is 2.37. The van der Waals surface area contributed by atoms with Gasteiger partial charge in [0.05, 0.1) is 0 Å². The third-order valence-electron chi connectivity index (χ3n) is 3.70. The molecule has 0 saturated heterocycles. The van der Waals surface area contributed by atoms with Gasteiger partial charge in [0.1, 0.15) is 11.5 Å². The summed E-state index contributed by atoms with van der Waals surface area (Å²) in [5.74, 6) is 1.70. The minimum absolute atomic E-state index is 0.658. The standard InChI is InChI=1S/C17H20N6/c1-14-18-7-8-23(14)10-9-22(2)13-15-11-20-17(21-12-15)16-5-3-4-6-19-16/h3-8,11-12H,9-10,13H2,1-2H3. The molecule has 0 unspecified atom stereocenters. The van der Waals surface area contributed by atoms with E-state index in [0.29, 0.717) is 5.82 Å². The number of aryl methyl sites for hydroxylation is 1. The molecular formula is C17H20N6. The quantitative estimate of drug-likeness (QED) is 0.698. The van der Waals surface area contributed by atoms with Crippen LogP contribution in [0.25, 0.3) is 11.5 Å². The first kappa shape index (κ1) is 15.3. The van der Waals surface area contributed by atoms with Gasteiger partial charge >= 0.3 is 0 Å². The number of imidazole rings is 1. The number of pyridine rings is 1. The van der Waals surface area contributed by atoms with Gasteiger partial charge in [-0.25, -0.2) is 15.0 Å². The second-order valence-electron chi connectivity index (χ2n) is 5.54. The predicted octanol–water partition coefficient (Wildman–Crippen LogP) is 2.18. The summed E-state index contributed by atoms with van der Waals surface area (Å²) < 4.78 is 2.15. The maximum atomic E-state index is 4.41. The highest BCUT2D eigenvalue weighted by molar-refractivity contribution is 5.47. The number of rotatable bonds is 6. The lowest BCUT2D eigenvalue weighted by atomic mass is 10.3. The van der Waals surface area contributed by atoms with Gasteiger partial charge in [0.2, 0.25) is 0 Å². The first-order valence-corrected chi connectivity index (χ1v) is 7.61. The molecule has 3 aromatic rings. The molecule has 0 bridgehead atoms. The van der Waals surface area contributed by atoms with Gasteiger partial charge in [-0.15, -0.1) is 0 Å². The van der Waals surface area contributed by atoms with Crippen LogP contribution in [-0.2, 0) is 13.1 Å². The zero-order chi connectivity index (χ0) is 16.1. The van der Waals surface area contributed by atoms with E-state index in [-0.39, 0.29) is 0 Å². The molecule has 3 aromatic heterocycles. The lowest BCUT2D eigenvalue weighted by molar-refractivity contribution is 0.309. The van der Waals surface area contributed by atoms with Gasteiger partial charge in [-0.2, -0.15) is 0 Å².